The average molecular weight is 789 g/mol. The molecule has 6 heterocycles. The van der Waals surface area contributed by atoms with Crippen LogP contribution in [-0.4, -0.2) is 123 Å². The van der Waals surface area contributed by atoms with E-state index < -0.39 is 19.9 Å². The number of rotatable bonds is 10. The van der Waals surface area contributed by atoms with Gasteiger partial charge in [-0.05, 0) is 57.5 Å². The molecule has 2 aliphatic rings. The maximum atomic E-state index is 13.7. The minimum atomic E-state index is -4.57. The second kappa shape index (κ2) is 15.0. The van der Waals surface area contributed by atoms with E-state index in [1.807, 2.05) is 13.2 Å². The predicted molar refractivity (Wildman–Crippen MR) is 214 cm³/mol. The number of halogens is 3. The van der Waals surface area contributed by atoms with E-state index in [0.717, 1.165) is 68.9 Å². The van der Waals surface area contributed by atoms with E-state index in [0.29, 0.717) is 44.9 Å². The van der Waals surface area contributed by atoms with Gasteiger partial charge in [0.2, 0.25) is 5.95 Å². The molecule has 0 aliphatic carbocycles. The Bertz CT molecular complexity index is 2410. The van der Waals surface area contributed by atoms with E-state index in [-0.39, 0.29) is 17.4 Å². The van der Waals surface area contributed by atoms with E-state index in [9.17, 15) is 17.7 Å². The molecule has 0 atom stereocenters. The number of nitrogens with one attached hydrogen (secondary N) is 3. The number of likely N-dealkylation sites (N-methyl/N-ethyl adjacent to an activating group) is 1. The molecular weight excluding hydrogens is 744 g/mol. The van der Waals surface area contributed by atoms with Crippen molar-refractivity contribution in [3.05, 3.63) is 61.3 Å². The van der Waals surface area contributed by atoms with E-state index in [2.05, 4.69) is 57.4 Å². The SMILES string of the molecule is CN1CCN(C2CCN(c3cc(OCC(F)(F)F)c(Nc4nc(Nc5ccc6nccnc6c5P(C)(C)=O)c5cc[nH]c5n4)cc3-c3cnn(C)c3)CC2)CC1. The van der Waals surface area contributed by atoms with Crippen molar-refractivity contribution in [2.24, 2.45) is 7.05 Å². The number of benzene rings is 2. The van der Waals surface area contributed by atoms with Crippen LogP contribution < -0.4 is 25.6 Å². The van der Waals surface area contributed by atoms with Gasteiger partial charge >= 0.3 is 6.18 Å². The Kier molecular flexibility index (Phi) is 10.1. The highest BCUT2D eigenvalue weighted by Crippen LogP contribution is 2.43. The first-order valence-corrected chi connectivity index (χ1v) is 21.1. The lowest BCUT2D eigenvalue weighted by Crippen LogP contribution is -2.52. The van der Waals surface area contributed by atoms with Crippen molar-refractivity contribution >= 4 is 63.3 Å². The third-order valence-corrected chi connectivity index (χ3v) is 12.0. The van der Waals surface area contributed by atoms with Crippen molar-refractivity contribution in [2.45, 2.75) is 25.1 Å². The maximum absolute atomic E-state index is 13.7. The summed E-state index contributed by atoms with van der Waals surface area (Å²) in [7, 11) is 1.07. The molecule has 18 heteroatoms. The fourth-order valence-electron chi connectivity index (χ4n) is 7.67. The van der Waals surface area contributed by atoms with Gasteiger partial charge in [0.05, 0.1) is 33.8 Å². The number of piperidine rings is 1. The third-order valence-electron chi connectivity index (χ3n) is 10.4. The van der Waals surface area contributed by atoms with Gasteiger partial charge in [0.1, 0.15) is 29.9 Å². The number of piperazine rings is 1. The molecule has 8 rings (SSSR count). The molecule has 14 nitrogen and oxygen atoms in total. The molecule has 0 saturated carbocycles. The zero-order valence-electron chi connectivity index (χ0n) is 31.6. The van der Waals surface area contributed by atoms with Crippen molar-refractivity contribution in [3.8, 4) is 16.9 Å². The van der Waals surface area contributed by atoms with Gasteiger partial charge in [-0.3, -0.25) is 19.5 Å². The zero-order chi connectivity index (χ0) is 39.2. The molecule has 56 heavy (non-hydrogen) atoms. The molecule has 2 saturated heterocycles. The lowest BCUT2D eigenvalue weighted by molar-refractivity contribution is -0.153. The number of nitrogens with zero attached hydrogens (tertiary/aromatic N) is 9. The van der Waals surface area contributed by atoms with E-state index in [1.54, 1.807) is 73.1 Å². The van der Waals surface area contributed by atoms with Gasteiger partial charge in [0, 0.05) is 100 Å². The van der Waals surface area contributed by atoms with Crippen molar-refractivity contribution in [1.29, 1.82) is 0 Å². The molecule has 2 aromatic carbocycles. The first kappa shape index (κ1) is 37.7. The number of fused-ring (bicyclic) bond motifs is 2. The fraction of sp³-hybridized carbons (Fsp3) is 0.395. The molecule has 0 unspecified atom stereocenters. The van der Waals surface area contributed by atoms with Crippen molar-refractivity contribution < 1.29 is 22.5 Å². The number of alkyl halides is 3. The second-order valence-electron chi connectivity index (χ2n) is 14.9. The van der Waals surface area contributed by atoms with E-state index in [1.165, 1.54) is 0 Å². The highest BCUT2D eigenvalue weighted by Gasteiger charge is 2.32. The smallest absolute Gasteiger partial charge is 0.422 e. The number of aryl methyl sites for hydroxylation is 1. The Balaban J connectivity index is 1.17. The largest absolute Gasteiger partial charge is 0.482 e. The van der Waals surface area contributed by atoms with Crippen LogP contribution in [0.5, 0.6) is 5.75 Å². The number of H-pyrrole nitrogens is 1. The number of hydrogen-bond donors (Lipinski definition) is 3. The Morgan fingerprint density at radius 1 is 0.946 bits per heavy atom. The Morgan fingerprint density at radius 3 is 2.43 bits per heavy atom. The van der Waals surface area contributed by atoms with Crippen LogP contribution in [0.2, 0.25) is 0 Å². The van der Waals surface area contributed by atoms with Gasteiger partial charge < -0.3 is 34.7 Å². The van der Waals surface area contributed by atoms with Gasteiger partial charge in [0.15, 0.2) is 6.61 Å². The summed E-state index contributed by atoms with van der Waals surface area (Å²) in [4.78, 5) is 28.6. The van der Waals surface area contributed by atoms with Crippen LogP contribution >= 0.6 is 7.14 Å². The lowest BCUT2D eigenvalue weighted by Gasteiger charge is -2.43. The Labute approximate surface area is 321 Å². The summed E-state index contributed by atoms with van der Waals surface area (Å²) < 4.78 is 62.1. The van der Waals surface area contributed by atoms with Crippen LogP contribution in [-0.2, 0) is 11.6 Å². The highest BCUT2D eigenvalue weighted by atomic mass is 31.2. The standard InChI is InChI=1S/C38H44F3N12O2P/c1-50-15-17-52(18-16-50)25-8-13-53(14-9-25)31-20-32(55-23-38(39,40)41)30(19-27(31)24-21-45-51(2)22-24)47-37-48-35-26(7-10-44-35)36(49-37)46-29-6-5-28-33(43-12-11-42-28)34(29)56(3,4)54/h5-7,10-12,19-22,25H,8-9,13-18,23H2,1-4H3,(H3,44,46,47,48,49). The summed E-state index contributed by atoms with van der Waals surface area (Å²) in [5.74, 6) is 0.474. The molecule has 0 spiro atoms. The number of aromatic amines is 1. The molecule has 6 aromatic rings. The normalized spacial score (nSPS) is 16.5. The van der Waals surface area contributed by atoms with Crippen LogP contribution in [0.15, 0.2) is 61.3 Å². The van der Waals surface area contributed by atoms with Crippen molar-refractivity contribution in [1.82, 2.24) is 44.5 Å². The first-order valence-electron chi connectivity index (χ1n) is 18.5. The number of aromatic nitrogens is 7. The second-order valence-corrected chi connectivity index (χ2v) is 18.0. The molecular formula is C38H44F3N12O2P. The summed E-state index contributed by atoms with van der Waals surface area (Å²) >= 11 is 0. The summed E-state index contributed by atoms with van der Waals surface area (Å²) in [6, 6.07) is 9.30. The summed E-state index contributed by atoms with van der Waals surface area (Å²) in [5, 5.41) is 12.1. The van der Waals surface area contributed by atoms with Crippen LogP contribution in [0.1, 0.15) is 12.8 Å². The van der Waals surface area contributed by atoms with Gasteiger partial charge in [-0.15, -0.1) is 0 Å². The number of hydrogen-bond acceptors (Lipinski definition) is 12. The first-order chi connectivity index (χ1) is 26.8. The van der Waals surface area contributed by atoms with Gasteiger partial charge in [-0.1, -0.05) is 0 Å². The molecule has 2 aliphatic heterocycles. The highest BCUT2D eigenvalue weighted by molar-refractivity contribution is 7.71. The molecule has 0 bridgehead atoms. The minimum absolute atomic E-state index is 0.00384. The van der Waals surface area contributed by atoms with Crippen LogP contribution in [0.4, 0.5) is 42.0 Å². The monoisotopic (exact) mass is 788 g/mol. The summed E-state index contributed by atoms with van der Waals surface area (Å²) in [6.45, 7) is 7.47. The Hall–Kier alpha value is -5.25. The maximum Gasteiger partial charge on any atom is 0.422 e. The van der Waals surface area contributed by atoms with Crippen LogP contribution in [0.3, 0.4) is 0 Å². The predicted octanol–water partition coefficient (Wildman–Crippen LogP) is 6.19. The summed E-state index contributed by atoms with van der Waals surface area (Å²) in [5.41, 5.74) is 4.70. The topological polar surface area (TPSA) is 145 Å². The minimum Gasteiger partial charge on any atom is -0.482 e. The quantitative estimate of drug-likeness (QED) is 0.136. The molecule has 2 fully saturated rings. The molecule has 0 radical (unpaired) electrons. The molecule has 3 N–H and O–H groups in total. The summed E-state index contributed by atoms with van der Waals surface area (Å²) in [6.07, 6.45) is 5.77. The number of anilines is 5. The van der Waals surface area contributed by atoms with Crippen LogP contribution in [0.25, 0.3) is 33.2 Å². The third kappa shape index (κ3) is 8.02. The number of ether oxygens (including phenoxy) is 1. The fourth-order valence-corrected chi connectivity index (χ4v) is 9.06. The zero-order valence-corrected chi connectivity index (χ0v) is 32.5. The molecule has 294 valence electrons. The van der Waals surface area contributed by atoms with Gasteiger partial charge in [-0.2, -0.15) is 28.2 Å². The van der Waals surface area contributed by atoms with Gasteiger partial charge in [0.25, 0.3) is 0 Å². The Morgan fingerprint density at radius 2 is 1.71 bits per heavy atom. The van der Waals surface area contributed by atoms with Gasteiger partial charge in [-0.25, -0.2) is 0 Å². The molecule has 4 aromatic heterocycles. The van der Waals surface area contributed by atoms with E-state index >= 15 is 0 Å². The average Bonchev–Trinajstić information content (AvgIpc) is 3.83. The van der Waals surface area contributed by atoms with E-state index in [4.69, 9.17) is 9.72 Å². The molecule has 0 amide bonds. The van der Waals surface area contributed by atoms with Crippen molar-refractivity contribution in [2.75, 3.05) is 81.8 Å². The van der Waals surface area contributed by atoms with Crippen molar-refractivity contribution in [3.63, 3.8) is 0 Å². The lowest BCUT2D eigenvalue weighted by atomic mass is 9.98. The van der Waals surface area contributed by atoms with Crippen LogP contribution in [0, 0.1) is 0 Å².